The summed E-state index contributed by atoms with van der Waals surface area (Å²) in [6.45, 7) is 3.82. The van der Waals surface area contributed by atoms with Crippen molar-refractivity contribution < 1.29 is 10.2 Å². The van der Waals surface area contributed by atoms with Crippen LogP contribution in [0.4, 0.5) is 0 Å². The fourth-order valence-electron chi connectivity index (χ4n) is 2.90. The number of aromatic nitrogens is 2. The van der Waals surface area contributed by atoms with E-state index < -0.39 is 5.60 Å². The largest absolute Gasteiger partial charge is 0.396 e. The van der Waals surface area contributed by atoms with Crippen LogP contribution in [0, 0.1) is 6.92 Å². The topological polar surface area (TPSA) is 58.3 Å². The average Bonchev–Trinajstić information content (AvgIpc) is 3.07. The highest BCUT2D eigenvalue weighted by Gasteiger charge is 2.27. The summed E-state index contributed by atoms with van der Waals surface area (Å²) in [5.41, 5.74) is 3.43. The minimum Gasteiger partial charge on any atom is -0.396 e. The summed E-state index contributed by atoms with van der Waals surface area (Å²) in [5, 5.41) is 25.3. The lowest BCUT2D eigenvalue weighted by Crippen LogP contribution is -2.22. The van der Waals surface area contributed by atoms with E-state index in [9.17, 15) is 5.11 Å². The minimum absolute atomic E-state index is 0.0405. The number of rotatable bonds is 6. The van der Waals surface area contributed by atoms with E-state index in [0.29, 0.717) is 23.6 Å². The molecule has 0 radical (unpaired) electrons. The van der Waals surface area contributed by atoms with Crippen molar-refractivity contribution in [3.05, 3.63) is 70.9 Å². The third-order valence-corrected chi connectivity index (χ3v) is 4.75. The van der Waals surface area contributed by atoms with Gasteiger partial charge in [0.15, 0.2) is 0 Å². The van der Waals surface area contributed by atoms with E-state index in [1.54, 1.807) is 6.92 Å². The average molecular weight is 371 g/mol. The normalized spacial score (nSPS) is 13.6. The van der Waals surface area contributed by atoms with E-state index >= 15 is 0 Å². The highest BCUT2D eigenvalue weighted by atomic mass is 35.5. The van der Waals surface area contributed by atoms with Crippen molar-refractivity contribution >= 4 is 11.6 Å². The number of nitrogens with zero attached hydrogens (tertiary/aromatic N) is 2. The van der Waals surface area contributed by atoms with Crippen LogP contribution in [0.25, 0.3) is 16.9 Å². The molecule has 3 rings (SSSR count). The Morgan fingerprint density at radius 3 is 2.35 bits per heavy atom. The first-order chi connectivity index (χ1) is 12.4. The molecule has 0 bridgehead atoms. The smallest absolute Gasteiger partial charge is 0.106 e. The fourth-order valence-corrected chi connectivity index (χ4v) is 3.03. The monoisotopic (exact) mass is 370 g/mol. The van der Waals surface area contributed by atoms with Gasteiger partial charge in [-0.2, -0.15) is 5.10 Å². The van der Waals surface area contributed by atoms with Crippen molar-refractivity contribution in [2.24, 2.45) is 0 Å². The lowest BCUT2D eigenvalue weighted by molar-refractivity contribution is 0.0357. The van der Waals surface area contributed by atoms with E-state index in [1.165, 1.54) is 5.56 Å². The number of hydrogen-bond donors (Lipinski definition) is 2. The number of hydrogen-bond acceptors (Lipinski definition) is 3. The summed E-state index contributed by atoms with van der Waals surface area (Å²) >= 11 is 6.02. The second-order valence-electron chi connectivity index (χ2n) is 6.77. The molecule has 1 unspecified atom stereocenters. The lowest BCUT2D eigenvalue weighted by Gasteiger charge is -2.20. The van der Waals surface area contributed by atoms with Crippen molar-refractivity contribution in [1.29, 1.82) is 0 Å². The quantitative estimate of drug-likeness (QED) is 0.672. The number of aliphatic hydroxyl groups is 2. The zero-order valence-electron chi connectivity index (χ0n) is 15.0. The van der Waals surface area contributed by atoms with Gasteiger partial charge < -0.3 is 10.2 Å². The number of aryl methyl sites for hydroxylation is 1. The zero-order valence-corrected chi connectivity index (χ0v) is 15.7. The molecule has 0 aliphatic heterocycles. The third kappa shape index (κ3) is 3.98. The molecule has 1 heterocycles. The standard InChI is InChI=1S/C21H23ClN2O2/c1-15-4-6-16(7-5-15)19-14-20(21(2,26)12-3-13-25)23-24(19)18-10-8-17(22)9-11-18/h4-11,14,25-26H,3,12-13H2,1-2H3. The van der Waals surface area contributed by atoms with Crippen molar-refractivity contribution in [2.75, 3.05) is 6.61 Å². The van der Waals surface area contributed by atoms with Crippen LogP contribution in [0.15, 0.2) is 54.6 Å². The Labute approximate surface area is 158 Å². The Bertz CT molecular complexity index is 805. The van der Waals surface area contributed by atoms with Crippen LogP contribution in [-0.2, 0) is 5.60 Å². The van der Waals surface area contributed by atoms with Gasteiger partial charge in [0, 0.05) is 17.2 Å². The summed E-state index contributed by atoms with van der Waals surface area (Å²) in [4.78, 5) is 0. The van der Waals surface area contributed by atoms with Crippen molar-refractivity contribution in [1.82, 2.24) is 9.78 Å². The van der Waals surface area contributed by atoms with E-state index in [4.69, 9.17) is 16.7 Å². The molecule has 2 N–H and O–H groups in total. The van der Waals surface area contributed by atoms with Gasteiger partial charge in [-0.05, 0) is 57.0 Å². The van der Waals surface area contributed by atoms with Crippen LogP contribution in [0.3, 0.4) is 0 Å². The van der Waals surface area contributed by atoms with Gasteiger partial charge in [0.25, 0.3) is 0 Å². The minimum atomic E-state index is -1.11. The molecular weight excluding hydrogens is 348 g/mol. The highest BCUT2D eigenvalue weighted by molar-refractivity contribution is 6.30. The molecule has 4 nitrogen and oxygen atoms in total. The number of halogens is 1. The summed E-state index contributed by atoms with van der Waals surface area (Å²) in [6, 6.07) is 17.6. The second-order valence-corrected chi connectivity index (χ2v) is 7.21. The second kappa shape index (κ2) is 7.62. The molecule has 0 amide bonds. The first kappa shape index (κ1) is 18.6. The van der Waals surface area contributed by atoms with Crippen LogP contribution in [0.1, 0.15) is 31.0 Å². The van der Waals surface area contributed by atoms with Gasteiger partial charge >= 0.3 is 0 Å². The number of benzene rings is 2. The van der Waals surface area contributed by atoms with E-state index in [-0.39, 0.29) is 6.61 Å². The first-order valence-corrected chi connectivity index (χ1v) is 9.05. The van der Waals surface area contributed by atoms with Gasteiger partial charge in [0.2, 0.25) is 0 Å². The molecule has 0 aliphatic rings. The van der Waals surface area contributed by atoms with Crippen LogP contribution in [0.2, 0.25) is 5.02 Å². The molecule has 3 aromatic rings. The maximum atomic E-state index is 10.8. The molecular formula is C21H23ClN2O2. The Morgan fingerprint density at radius 2 is 1.73 bits per heavy atom. The molecule has 5 heteroatoms. The lowest BCUT2D eigenvalue weighted by atomic mass is 9.95. The van der Waals surface area contributed by atoms with Crippen molar-refractivity contribution in [3.8, 4) is 16.9 Å². The Balaban J connectivity index is 2.11. The highest BCUT2D eigenvalue weighted by Crippen LogP contribution is 2.31. The molecule has 0 fully saturated rings. The van der Waals surface area contributed by atoms with Crippen LogP contribution >= 0.6 is 11.6 Å². The van der Waals surface area contributed by atoms with Crippen LogP contribution in [0.5, 0.6) is 0 Å². The van der Waals surface area contributed by atoms with Gasteiger partial charge in [0.05, 0.1) is 17.1 Å². The summed E-state index contributed by atoms with van der Waals surface area (Å²) < 4.78 is 1.82. The molecule has 0 saturated carbocycles. The SMILES string of the molecule is Cc1ccc(-c2cc(C(C)(O)CCCO)nn2-c2ccc(Cl)cc2)cc1. The summed E-state index contributed by atoms with van der Waals surface area (Å²) in [6.07, 6.45) is 0.954. The van der Waals surface area contributed by atoms with Gasteiger partial charge in [-0.15, -0.1) is 0 Å². The summed E-state index contributed by atoms with van der Waals surface area (Å²) in [5.74, 6) is 0. The number of aliphatic hydroxyl groups excluding tert-OH is 1. The predicted molar refractivity (Wildman–Crippen MR) is 105 cm³/mol. The van der Waals surface area contributed by atoms with Gasteiger partial charge in [0.1, 0.15) is 5.60 Å². The Morgan fingerprint density at radius 1 is 1.08 bits per heavy atom. The molecule has 26 heavy (non-hydrogen) atoms. The van der Waals surface area contributed by atoms with Crippen molar-refractivity contribution in [3.63, 3.8) is 0 Å². The van der Waals surface area contributed by atoms with Gasteiger partial charge in [-0.3, -0.25) is 0 Å². The third-order valence-electron chi connectivity index (χ3n) is 4.50. The molecule has 136 valence electrons. The van der Waals surface area contributed by atoms with E-state index in [0.717, 1.165) is 16.9 Å². The Hall–Kier alpha value is -2.14. The molecule has 0 saturated heterocycles. The molecule has 1 aromatic heterocycles. The van der Waals surface area contributed by atoms with Crippen LogP contribution in [-0.4, -0.2) is 26.6 Å². The van der Waals surface area contributed by atoms with Gasteiger partial charge in [-0.1, -0.05) is 41.4 Å². The zero-order chi connectivity index (χ0) is 18.7. The molecule has 2 aromatic carbocycles. The van der Waals surface area contributed by atoms with Crippen molar-refractivity contribution in [2.45, 2.75) is 32.3 Å². The maximum absolute atomic E-state index is 10.8. The van der Waals surface area contributed by atoms with Crippen LogP contribution < -0.4 is 0 Å². The molecule has 0 spiro atoms. The van der Waals surface area contributed by atoms with Gasteiger partial charge in [-0.25, -0.2) is 4.68 Å². The predicted octanol–water partition coefficient (Wildman–Crippen LogP) is 4.48. The van der Waals surface area contributed by atoms with E-state index in [2.05, 4.69) is 17.2 Å². The first-order valence-electron chi connectivity index (χ1n) is 8.67. The summed E-state index contributed by atoms with van der Waals surface area (Å²) in [7, 11) is 0. The van der Waals surface area contributed by atoms with E-state index in [1.807, 2.05) is 54.1 Å². The molecule has 1 atom stereocenters. The Kier molecular flexibility index (Phi) is 5.47. The molecule has 0 aliphatic carbocycles. The fraction of sp³-hybridized carbons (Fsp3) is 0.286. The maximum Gasteiger partial charge on any atom is 0.106 e.